The highest BCUT2D eigenvalue weighted by atomic mass is 79.9. The molecule has 0 aromatic carbocycles. The number of hydrogen-bond acceptors (Lipinski definition) is 3. The van der Waals surface area contributed by atoms with Gasteiger partial charge in [0, 0.05) is 23.4 Å². The van der Waals surface area contributed by atoms with E-state index in [-0.39, 0.29) is 6.03 Å². The molecule has 5 nitrogen and oxygen atoms in total. The Morgan fingerprint density at radius 3 is 2.76 bits per heavy atom. The van der Waals surface area contributed by atoms with Crippen molar-refractivity contribution in [2.75, 3.05) is 11.9 Å². The summed E-state index contributed by atoms with van der Waals surface area (Å²) in [4.78, 5) is 27.4. The van der Waals surface area contributed by atoms with Crippen molar-refractivity contribution in [3.8, 4) is 0 Å². The van der Waals surface area contributed by atoms with E-state index in [2.05, 4.69) is 26.2 Å². The van der Waals surface area contributed by atoms with Crippen LogP contribution in [0.2, 0.25) is 0 Å². The number of hydrogen-bond donors (Lipinski definition) is 1. The number of carbonyl (C=O) groups excluding carboxylic acids is 2. The highest BCUT2D eigenvalue weighted by molar-refractivity contribution is 9.10. The van der Waals surface area contributed by atoms with Gasteiger partial charge in [0.05, 0.1) is 0 Å². The Morgan fingerprint density at radius 1 is 1.53 bits per heavy atom. The number of rotatable bonds is 3. The molecule has 0 fully saturated rings. The summed E-state index contributed by atoms with van der Waals surface area (Å²) in [6.45, 7) is 1.63. The highest BCUT2D eigenvalue weighted by Crippen LogP contribution is 2.13. The van der Waals surface area contributed by atoms with E-state index in [0.717, 1.165) is 4.47 Å². The molecule has 1 rings (SSSR count). The van der Waals surface area contributed by atoms with E-state index in [9.17, 15) is 9.59 Å². The molecule has 1 aromatic heterocycles. The molecular formula is C11H12BrN3O2. The van der Waals surface area contributed by atoms with Crippen molar-refractivity contribution in [2.45, 2.75) is 6.92 Å². The third kappa shape index (κ3) is 3.99. The van der Waals surface area contributed by atoms with Gasteiger partial charge in [-0.25, -0.2) is 9.78 Å². The Morgan fingerprint density at radius 2 is 2.24 bits per heavy atom. The number of pyridine rings is 1. The first-order valence-electron chi connectivity index (χ1n) is 4.83. The molecule has 0 aliphatic heterocycles. The Bertz CT molecular complexity index is 443. The van der Waals surface area contributed by atoms with E-state index in [4.69, 9.17) is 0 Å². The molecule has 2 amide bonds. The molecule has 1 aromatic rings. The molecule has 90 valence electrons. The number of aldehydes is 1. The maximum Gasteiger partial charge on any atom is 0.326 e. The zero-order valence-electron chi connectivity index (χ0n) is 9.48. The minimum Gasteiger partial charge on any atom is -0.311 e. The molecule has 1 N–H and O–H groups in total. The lowest BCUT2D eigenvalue weighted by atomic mass is 10.4. The van der Waals surface area contributed by atoms with Gasteiger partial charge in [-0.3, -0.25) is 9.69 Å². The summed E-state index contributed by atoms with van der Waals surface area (Å²) in [5.74, 6) is 0.518. The molecule has 0 spiro atoms. The summed E-state index contributed by atoms with van der Waals surface area (Å²) in [6.07, 6.45) is 3.50. The van der Waals surface area contributed by atoms with Gasteiger partial charge < -0.3 is 5.32 Å². The number of nitrogens with zero attached hydrogens (tertiary/aromatic N) is 2. The fraction of sp³-hybridized carbons (Fsp3) is 0.182. The Hall–Kier alpha value is -1.69. The van der Waals surface area contributed by atoms with E-state index >= 15 is 0 Å². The number of urea groups is 1. The summed E-state index contributed by atoms with van der Waals surface area (Å²) in [5, 5.41) is 2.56. The van der Waals surface area contributed by atoms with E-state index in [1.54, 1.807) is 32.3 Å². The van der Waals surface area contributed by atoms with Crippen molar-refractivity contribution in [3.63, 3.8) is 0 Å². The first-order valence-corrected chi connectivity index (χ1v) is 5.62. The fourth-order valence-electron chi connectivity index (χ4n) is 1.07. The Kier molecular flexibility index (Phi) is 4.84. The highest BCUT2D eigenvalue weighted by Gasteiger charge is 2.11. The minimum atomic E-state index is -0.351. The van der Waals surface area contributed by atoms with Crippen LogP contribution in [0.15, 0.2) is 34.6 Å². The fourth-order valence-corrected chi connectivity index (χ4v) is 1.30. The molecule has 0 atom stereocenters. The minimum absolute atomic E-state index is 0.351. The molecule has 17 heavy (non-hydrogen) atoms. The number of anilines is 1. The van der Waals surface area contributed by atoms with Crippen LogP contribution in [0.25, 0.3) is 0 Å². The maximum atomic E-state index is 11.7. The zero-order chi connectivity index (χ0) is 12.8. The first kappa shape index (κ1) is 13.4. The Labute approximate surface area is 108 Å². The largest absolute Gasteiger partial charge is 0.326 e. The molecule has 0 aliphatic rings. The number of halogens is 1. The van der Waals surface area contributed by atoms with Gasteiger partial charge in [0.25, 0.3) is 0 Å². The SMILES string of the molecule is C/C(=C/C=O)NC(=O)N(C)c1ccc(Br)cn1. The van der Waals surface area contributed by atoms with Crippen molar-refractivity contribution in [1.29, 1.82) is 0 Å². The number of aromatic nitrogens is 1. The molecule has 0 bridgehead atoms. The van der Waals surface area contributed by atoms with Crippen LogP contribution < -0.4 is 10.2 Å². The third-order valence-corrected chi connectivity index (χ3v) is 2.45. The lowest BCUT2D eigenvalue weighted by Gasteiger charge is -2.16. The predicted octanol–water partition coefficient (Wildman–Crippen LogP) is 2.09. The predicted molar refractivity (Wildman–Crippen MR) is 68.7 cm³/mol. The van der Waals surface area contributed by atoms with Crippen LogP contribution in [-0.4, -0.2) is 24.3 Å². The van der Waals surface area contributed by atoms with Crippen LogP contribution in [0.3, 0.4) is 0 Å². The van der Waals surface area contributed by atoms with Crippen molar-refractivity contribution in [1.82, 2.24) is 10.3 Å². The van der Waals surface area contributed by atoms with Gasteiger partial charge in [0.15, 0.2) is 0 Å². The second kappa shape index (κ2) is 6.15. The lowest BCUT2D eigenvalue weighted by Crippen LogP contribution is -2.36. The van der Waals surface area contributed by atoms with Crippen molar-refractivity contribution in [3.05, 3.63) is 34.6 Å². The van der Waals surface area contributed by atoms with Gasteiger partial charge in [0.1, 0.15) is 12.1 Å². The second-order valence-corrected chi connectivity index (χ2v) is 4.23. The van der Waals surface area contributed by atoms with Crippen LogP contribution >= 0.6 is 15.9 Å². The zero-order valence-corrected chi connectivity index (χ0v) is 11.1. The normalized spacial score (nSPS) is 10.9. The second-order valence-electron chi connectivity index (χ2n) is 3.31. The molecule has 6 heteroatoms. The number of allylic oxidation sites excluding steroid dienone is 2. The molecule has 0 saturated carbocycles. The number of carbonyl (C=O) groups is 2. The van der Waals surface area contributed by atoms with E-state index in [1.165, 1.54) is 11.0 Å². The van der Waals surface area contributed by atoms with Crippen LogP contribution in [0, 0.1) is 0 Å². The average Bonchev–Trinajstić information content (AvgIpc) is 2.29. The van der Waals surface area contributed by atoms with E-state index in [0.29, 0.717) is 17.8 Å². The van der Waals surface area contributed by atoms with Crippen molar-refractivity contribution in [2.24, 2.45) is 0 Å². The van der Waals surface area contributed by atoms with Crippen LogP contribution in [0.5, 0.6) is 0 Å². The summed E-state index contributed by atoms with van der Waals surface area (Å²) < 4.78 is 0.840. The van der Waals surface area contributed by atoms with Crippen LogP contribution in [0.4, 0.5) is 10.6 Å². The van der Waals surface area contributed by atoms with E-state index < -0.39 is 0 Å². The van der Waals surface area contributed by atoms with Gasteiger partial charge >= 0.3 is 6.03 Å². The average molecular weight is 298 g/mol. The molecule has 0 unspecified atom stereocenters. The molecule has 0 saturated heterocycles. The Balaban J connectivity index is 2.73. The lowest BCUT2D eigenvalue weighted by molar-refractivity contribution is -0.104. The maximum absolute atomic E-state index is 11.7. The first-order chi connectivity index (χ1) is 8.04. The summed E-state index contributed by atoms with van der Waals surface area (Å²) >= 11 is 3.26. The number of nitrogens with one attached hydrogen (secondary N) is 1. The summed E-state index contributed by atoms with van der Waals surface area (Å²) in [7, 11) is 1.60. The standard InChI is InChI=1S/C11H12BrN3O2/c1-8(5-6-16)14-11(17)15(2)10-4-3-9(12)7-13-10/h3-7H,1-2H3,(H,14,17)/b8-5-. The quantitative estimate of drug-likeness (QED) is 0.686. The third-order valence-electron chi connectivity index (χ3n) is 1.98. The topological polar surface area (TPSA) is 62.3 Å². The van der Waals surface area contributed by atoms with Gasteiger partial charge in [-0.1, -0.05) is 0 Å². The van der Waals surface area contributed by atoms with Gasteiger partial charge in [0.2, 0.25) is 0 Å². The molecule has 0 aliphatic carbocycles. The summed E-state index contributed by atoms with van der Waals surface area (Å²) in [6, 6.07) is 3.15. The van der Waals surface area contributed by atoms with Crippen molar-refractivity contribution >= 4 is 34.1 Å². The van der Waals surface area contributed by atoms with Crippen LogP contribution in [-0.2, 0) is 4.79 Å². The molecular weight excluding hydrogens is 286 g/mol. The van der Waals surface area contributed by atoms with Gasteiger partial charge in [-0.2, -0.15) is 0 Å². The van der Waals surface area contributed by atoms with Gasteiger partial charge in [-0.05, 0) is 41.1 Å². The summed E-state index contributed by atoms with van der Waals surface area (Å²) in [5.41, 5.74) is 0.481. The molecule has 1 heterocycles. The smallest absolute Gasteiger partial charge is 0.311 e. The van der Waals surface area contributed by atoms with Crippen molar-refractivity contribution < 1.29 is 9.59 Å². The number of amides is 2. The van der Waals surface area contributed by atoms with E-state index in [1.807, 2.05) is 0 Å². The molecule has 0 radical (unpaired) electrons. The van der Waals surface area contributed by atoms with Gasteiger partial charge in [-0.15, -0.1) is 0 Å². The van der Waals surface area contributed by atoms with Crippen LogP contribution in [0.1, 0.15) is 6.92 Å². The monoisotopic (exact) mass is 297 g/mol.